The van der Waals surface area contributed by atoms with Crippen LogP contribution in [0.2, 0.25) is 10.0 Å². The fourth-order valence-electron chi connectivity index (χ4n) is 2.62. The van der Waals surface area contributed by atoms with Crippen LogP contribution in [-0.4, -0.2) is 44.7 Å². The molecule has 1 aromatic carbocycles. The molecule has 2 aromatic rings. The van der Waals surface area contributed by atoms with Crippen LogP contribution in [-0.2, 0) is 14.8 Å². The molecule has 1 saturated heterocycles. The van der Waals surface area contributed by atoms with Gasteiger partial charge in [-0.1, -0.05) is 23.2 Å². The van der Waals surface area contributed by atoms with Gasteiger partial charge in [-0.25, -0.2) is 18.4 Å². The topological polar surface area (TPSA) is 84.4 Å². The summed E-state index contributed by atoms with van der Waals surface area (Å²) in [6.45, 7) is 6.09. The lowest BCUT2D eigenvalue weighted by molar-refractivity contribution is 0.122. The lowest BCUT2D eigenvalue weighted by atomic mass is 10.3. The number of nitrogens with one attached hydrogen (secondary N) is 1. The SMILES string of the molecule is Cc1nc(N2CCOCC2)nc(C)c1NS(=O)(=O)c1cc(Cl)ccc1Cl. The molecule has 26 heavy (non-hydrogen) atoms. The smallest absolute Gasteiger partial charge is 0.263 e. The third-order valence-corrected chi connectivity index (χ3v) is 6.04. The molecule has 1 aliphatic rings. The number of ether oxygens (including phenoxy) is 1. The van der Waals surface area contributed by atoms with Crippen LogP contribution in [0, 0.1) is 13.8 Å². The third-order valence-electron chi connectivity index (χ3n) is 3.97. The van der Waals surface area contributed by atoms with Gasteiger partial charge in [0.2, 0.25) is 5.95 Å². The van der Waals surface area contributed by atoms with Gasteiger partial charge in [0.15, 0.2) is 0 Å². The van der Waals surface area contributed by atoms with Crippen LogP contribution in [0.4, 0.5) is 11.6 Å². The van der Waals surface area contributed by atoms with Crippen LogP contribution in [0.1, 0.15) is 11.4 Å². The molecule has 1 fully saturated rings. The first-order valence-electron chi connectivity index (χ1n) is 7.94. The van der Waals surface area contributed by atoms with Crippen molar-refractivity contribution in [2.24, 2.45) is 0 Å². The summed E-state index contributed by atoms with van der Waals surface area (Å²) in [4.78, 5) is 10.8. The Bertz CT molecular complexity index is 908. The first-order valence-corrected chi connectivity index (χ1v) is 10.2. The van der Waals surface area contributed by atoms with E-state index in [0.717, 1.165) is 0 Å². The number of hydrogen-bond donors (Lipinski definition) is 1. The fraction of sp³-hybridized carbons (Fsp3) is 0.375. The van der Waals surface area contributed by atoms with E-state index < -0.39 is 10.0 Å². The highest BCUT2D eigenvalue weighted by atomic mass is 35.5. The zero-order chi connectivity index (χ0) is 18.9. The molecule has 7 nitrogen and oxygen atoms in total. The van der Waals surface area contributed by atoms with Gasteiger partial charge in [-0.15, -0.1) is 0 Å². The maximum absolute atomic E-state index is 12.7. The van der Waals surface area contributed by atoms with E-state index in [1.54, 1.807) is 13.8 Å². The van der Waals surface area contributed by atoms with Crippen LogP contribution < -0.4 is 9.62 Å². The first kappa shape index (κ1) is 19.2. The van der Waals surface area contributed by atoms with E-state index in [4.69, 9.17) is 27.9 Å². The molecule has 0 spiro atoms. The molecule has 140 valence electrons. The van der Waals surface area contributed by atoms with Crippen LogP contribution in [0.3, 0.4) is 0 Å². The van der Waals surface area contributed by atoms with Gasteiger partial charge in [-0.3, -0.25) is 4.72 Å². The third kappa shape index (κ3) is 4.03. The Morgan fingerprint density at radius 3 is 2.35 bits per heavy atom. The standard InChI is InChI=1S/C16H18Cl2N4O3S/c1-10-15(11(2)20-16(19-10)22-5-7-25-8-6-22)21-26(23,24)14-9-12(17)3-4-13(14)18/h3-4,9,21H,5-8H2,1-2H3. The van der Waals surface area contributed by atoms with Crippen molar-refractivity contribution in [1.29, 1.82) is 0 Å². The summed E-state index contributed by atoms with van der Waals surface area (Å²) in [5.74, 6) is 0.562. The quantitative estimate of drug-likeness (QED) is 0.824. The molecule has 2 heterocycles. The minimum Gasteiger partial charge on any atom is -0.378 e. The molecular formula is C16H18Cl2N4O3S. The molecule has 1 aromatic heterocycles. The lowest BCUT2D eigenvalue weighted by Gasteiger charge is -2.27. The fourth-order valence-corrected chi connectivity index (χ4v) is 4.56. The largest absolute Gasteiger partial charge is 0.378 e. The number of aryl methyl sites for hydroxylation is 2. The zero-order valence-electron chi connectivity index (χ0n) is 14.3. The molecule has 0 unspecified atom stereocenters. The predicted molar refractivity (Wildman–Crippen MR) is 102 cm³/mol. The maximum atomic E-state index is 12.7. The monoisotopic (exact) mass is 416 g/mol. The van der Waals surface area contributed by atoms with Crippen LogP contribution in [0.5, 0.6) is 0 Å². The van der Waals surface area contributed by atoms with Gasteiger partial charge in [0.25, 0.3) is 10.0 Å². The Kier molecular flexibility index (Phi) is 5.57. The van der Waals surface area contributed by atoms with Gasteiger partial charge in [0.1, 0.15) is 4.90 Å². The molecule has 0 aliphatic carbocycles. The van der Waals surface area contributed by atoms with Gasteiger partial charge in [-0.2, -0.15) is 0 Å². The Labute approximate surface area is 162 Å². The van der Waals surface area contributed by atoms with Crippen molar-refractivity contribution >= 4 is 44.9 Å². The molecule has 1 aliphatic heterocycles. The molecule has 10 heteroatoms. The molecule has 0 radical (unpaired) electrons. The predicted octanol–water partition coefficient (Wildman–Crippen LogP) is 3.04. The number of hydrogen-bond acceptors (Lipinski definition) is 6. The van der Waals surface area contributed by atoms with Gasteiger partial charge in [0, 0.05) is 18.1 Å². The number of rotatable bonds is 4. The van der Waals surface area contributed by atoms with Gasteiger partial charge in [-0.05, 0) is 32.0 Å². The Morgan fingerprint density at radius 1 is 1.12 bits per heavy atom. The van der Waals surface area contributed by atoms with E-state index >= 15 is 0 Å². The van der Waals surface area contributed by atoms with Crippen molar-refractivity contribution in [3.05, 3.63) is 39.6 Å². The summed E-state index contributed by atoms with van der Waals surface area (Å²) in [5, 5.41) is 0.366. The number of anilines is 2. The van der Waals surface area contributed by atoms with E-state index in [1.165, 1.54) is 18.2 Å². The molecule has 0 saturated carbocycles. The van der Waals surface area contributed by atoms with Gasteiger partial charge in [0.05, 0.1) is 35.3 Å². The normalized spacial score (nSPS) is 15.2. The molecule has 0 amide bonds. The average molecular weight is 417 g/mol. The van der Waals surface area contributed by atoms with E-state index in [2.05, 4.69) is 14.7 Å². The summed E-state index contributed by atoms with van der Waals surface area (Å²) in [6.07, 6.45) is 0. The number of sulfonamides is 1. The van der Waals surface area contributed by atoms with Crippen molar-refractivity contribution < 1.29 is 13.2 Å². The minimum atomic E-state index is -3.93. The number of nitrogens with zero attached hydrogens (tertiary/aromatic N) is 3. The maximum Gasteiger partial charge on any atom is 0.263 e. The van der Waals surface area contributed by atoms with Crippen molar-refractivity contribution in [3.8, 4) is 0 Å². The molecule has 0 atom stereocenters. The second kappa shape index (κ2) is 7.56. The Balaban J connectivity index is 1.93. The van der Waals surface area contributed by atoms with E-state index in [1.807, 2.05) is 4.90 Å². The Morgan fingerprint density at radius 2 is 1.73 bits per heavy atom. The summed E-state index contributed by atoms with van der Waals surface area (Å²) >= 11 is 11.9. The summed E-state index contributed by atoms with van der Waals surface area (Å²) < 4.78 is 33.3. The number of aromatic nitrogens is 2. The number of benzene rings is 1. The van der Waals surface area contributed by atoms with Crippen LogP contribution in [0.25, 0.3) is 0 Å². The van der Waals surface area contributed by atoms with E-state index in [-0.39, 0.29) is 14.9 Å². The summed E-state index contributed by atoms with van der Waals surface area (Å²) in [5.41, 5.74) is 1.39. The molecular weight excluding hydrogens is 399 g/mol. The van der Waals surface area contributed by atoms with Crippen LogP contribution >= 0.6 is 23.2 Å². The Hall–Kier alpha value is -1.61. The van der Waals surface area contributed by atoms with Crippen molar-refractivity contribution in [1.82, 2.24) is 9.97 Å². The van der Waals surface area contributed by atoms with Gasteiger partial charge >= 0.3 is 0 Å². The van der Waals surface area contributed by atoms with Crippen molar-refractivity contribution in [2.75, 3.05) is 35.9 Å². The molecule has 3 rings (SSSR count). The highest BCUT2D eigenvalue weighted by Gasteiger charge is 2.23. The number of morpholine rings is 1. The van der Waals surface area contributed by atoms with Crippen molar-refractivity contribution in [2.45, 2.75) is 18.7 Å². The summed E-state index contributed by atoms with van der Waals surface area (Å²) in [7, 11) is -3.93. The summed E-state index contributed by atoms with van der Waals surface area (Å²) in [6, 6.07) is 4.27. The highest BCUT2D eigenvalue weighted by Crippen LogP contribution is 2.29. The molecule has 1 N–H and O–H groups in total. The average Bonchev–Trinajstić information content (AvgIpc) is 2.60. The second-order valence-electron chi connectivity index (χ2n) is 5.85. The first-order chi connectivity index (χ1) is 12.3. The number of halogens is 2. The highest BCUT2D eigenvalue weighted by molar-refractivity contribution is 7.92. The molecule has 0 bridgehead atoms. The van der Waals surface area contributed by atoms with Gasteiger partial charge < -0.3 is 9.64 Å². The lowest BCUT2D eigenvalue weighted by Crippen LogP contribution is -2.37. The minimum absolute atomic E-state index is 0.0862. The van der Waals surface area contributed by atoms with E-state index in [0.29, 0.717) is 49.3 Å². The zero-order valence-corrected chi connectivity index (χ0v) is 16.6. The second-order valence-corrected chi connectivity index (χ2v) is 8.34. The van der Waals surface area contributed by atoms with E-state index in [9.17, 15) is 8.42 Å². The van der Waals surface area contributed by atoms with Crippen LogP contribution in [0.15, 0.2) is 23.1 Å². The van der Waals surface area contributed by atoms with Crippen molar-refractivity contribution in [3.63, 3.8) is 0 Å².